The van der Waals surface area contributed by atoms with E-state index in [1.54, 1.807) is 0 Å². The van der Waals surface area contributed by atoms with Gasteiger partial charge in [0.05, 0.1) is 5.41 Å². The van der Waals surface area contributed by atoms with E-state index in [-0.39, 0.29) is 22.3 Å². The summed E-state index contributed by atoms with van der Waals surface area (Å²) in [5, 5.41) is 0. The van der Waals surface area contributed by atoms with E-state index in [2.05, 4.69) is 56.0 Å². The van der Waals surface area contributed by atoms with Gasteiger partial charge >= 0.3 is 0 Å². The second-order valence-electron chi connectivity index (χ2n) is 11.6. The van der Waals surface area contributed by atoms with Crippen molar-refractivity contribution in [1.29, 1.82) is 0 Å². The molecule has 4 saturated carbocycles. The SMILES string of the molecule is CCC1C2CC3(C(=O)N4CC[C@H](N)C(C)(C)C4)CC1CC(c1ccccc1)(C2)C3. The Kier molecular flexibility index (Phi) is 4.44. The zero-order valence-corrected chi connectivity index (χ0v) is 18.5. The van der Waals surface area contributed by atoms with E-state index in [0.29, 0.717) is 17.7 Å². The second-order valence-corrected chi connectivity index (χ2v) is 11.6. The molecule has 3 nitrogen and oxygen atoms in total. The molecule has 1 aliphatic heterocycles. The zero-order chi connectivity index (χ0) is 20.4. The summed E-state index contributed by atoms with van der Waals surface area (Å²) in [5.74, 6) is 2.71. The molecule has 1 saturated heterocycles. The number of carbonyl (C=O) groups excluding carboxylic acids is 1. The molecule has 5 aliphatic rings. The van der Waals surface area contributed by atoms with E-state index in [0.717, 1.165) is 44.7 Å². The number of rotatable bonds is 3. The lowest BCUT2D eigenvalue weighted by Crippen LogP contribution is -2.64. The zero-order valence-electron chi connectivity index (χ0n) is 18.5. The summed E-state index contributed by atoms with van der Waals surface area (Å²) in [6.45, 7) is 8.49. The number of hydrogen-bond acceptors (Lipinski definition) is 2. The van der Waals surface area contributed by atoms with E-state index < -0.39 is 0 Å². The molecule has 4 bridgehead atoms. The molecule has 2 unspecified atom stereocenters. The van der Waals surface area contributed by atoms with Crippen LogP contribution < -0.4 is 5.73 Å². The van der Waals surface area contributed by atoms with E-state index in [1.807, 2.05) is 0 Å². The average Bonchev–Trinajstić information content (AvgIpc) is 2.70. The largest absolute Gasteiger partial charge is 0.342 e. The first-order valence-corrected chi connectivity index (χ1v) is 11.9. The van der Waals surface area contributed by atoms with Crippen LogP contribution in [0.2, 0.25) is 0 Å². The van der Waals surface area contributed by atoms with Crippen molar-refractivity contribution in [2.24, 2.45) is 34.3 Å². The number of hydrogen-bond donors (Lipinski definition) is 1. The van der Waals surface area contributed by atoms with E-state index >= 15 is 0 Å². The predicted octanol–water partition coefficient (Wildman–Crippen LogP) is 4.75. The number of amides is 1. The van der Waals surface area contributed by atoms with E-state index in [1.165, 1.54) is 24.8 Å². The summed E-state index contributed by atoms with van der Waals surface area (Å²) in [6.07, 6.45) is 8.10. The lowest BCUT2D eigenvalue weighted by Gasteiger charge is -2.65. The quantitative estimate of drug-likeness (QED) is 0.804. The van der Waals surface area contributed by atoms with Gasteiger partial charge in [-0.15, -0.1) is 0 Å². The number of likely N-dealkylation sites (tertiary alicyclic amines) is 1. The van der Waals surface area contributed by atoms with Gasteiger partial charge in [0.2, 0.25) is 5.91 Å². The van der Waals surface area contributed by atoms with Gasteiger partial charge in [-0.05, 0) is 72.7 Å². The third-order valence-corrected chi connectivity index (χ3v) is 9.41. The Balaban J connectivity index is 1.49. The third-order valence-electron chi connectivity index (χ3n) is 9.41. The highest BCUT2D eigenvalue weighted by Gasteiger charge is 2.64. The Morgan fingerprint density at radius 1 is 1.10 bits per heavy atom. The number of piperidine rings is 1. The minimum atomic E-state index is -0.134. The normalized spacial score (nSPS) is 42.8. The predicted molar refractivity (Wildman–Crippen MR) is 117 cm³/mol. The molecule has 1 heterocycles. The van der Waals surface area contributed by atoms with Crippen LogP contribution in [-0.4, -0.2) is 29.9 Å². The first-order chi connectivity index (χ1) is 13.8. The molecule has 5 fully saturated rings. The summed E-state index contributed by atoms with van der Waals surface area (Å²) in [5.41, 5.74) is 7.96. The van der Waals surface area contributed by atoms with Gasteiger partial charge in [0.15, 0.2) is 0 Å². The van der Waals surface area contributed by atoms with Crippen LogP contribution in [0.3, 0.4) is 0 Å². The van der Waals surface area contributed by atoms with Crippen LogP contribution in [0.15, 0.2) is 30.3 Å². The monoisotopic (exact) mass is 394 g/mol. The molecule has 1 amide bonds. The molecule has 0 aromatic heterocycles. The Morgan fingerprint density at radius 3 is 2.34 bits per heavy atom. The Hall–Kier alpha value is -1.35. The number of nitrogens with two attached hydrogens (primary N) is 1. The van der Waals surface area contributed by atoms with Crippen molar-refractivity contribution >= 4 is 5.91 Å². The lowest BCUT2D eigenvalue weighted by atomic mass is 9.39. The van der Waals surface area contributed by atoms with Crippen LogP contribution in [0.5, 0.6) is 0 Å². The molecule has 29 heavy (non-hydrogen) atoms. The molecule has 6 rings (SSSR count). The molecular weight excluding hydrogens is 356 g/mol. The first-order valence-electron chi connectivity index (χ1n) is 11.9. The first kappa shape index (κ1) is 19.6. The van der Waals surface area contributed by atoms with Crippen LogP contribution in [0, 0.1) is 28.6 Å². The van der Waals surface area contributed by atoms with E-state index in [4.69, 9.17) is 5.73 Å². The topological polar surface area (TPSA) is 46.3 Å². The van der Waals surface area contributed by atoms with Gasteiger partial charge in [0.25, 0.3) is 0 Å². The van der Waals surface area contributed by atoms with Crippen molar-refractivity contribution in [2.75, 3.05) is 13.1 Å². The molecule has 1 aromatic rings. The summed E-state index contributed by atoms with van der Waals surface area (Å²) in [4.78, 5) is 16.3. The van der Waals surface area contributed by atoms with Gasteiger partial charge in [0, 0.05) is 19.1 Å². The molecule has 1 aromatic carbocycles. The second kappa shape index (κ2) is 6.57. The van der Waals surface area contributed by atoms with Crippen LogP contribution in [-0.2, 0) is 10.2 Å². The highest BCUT2D eigenvalue weighted by Crippen LogP contribution is 2.68. The summed E-state index contributed by atoms with van der Waals surface area (Å²) in [6, 6.07) is 11.4. The highest BCUT2D eigenvalue weighted by molar-refractivity contribution is 5.84. The average molecular weight is 395 g/mol. The fourth-order valence-corrected chi connectivity index (χ4v) is 8.17. The van der Waals surface area contributed by atoms with Crippen LogP contribution >= 0.6 is 0 Å². The smallest absolute Gasteiger partial charge is 0.228 e. The van der Waals surface area contributed by atoms with Crippen molar-refractivity contribution in [3.8, 4) is 0 Å². The fraction of sp³-hybridized carbons (Fsp3) is 0.731. The Morgan fingerprint density at radius 2 is 1.76 bits per heavy atom. The summed E-state index contributed by atoms with van der Waals surface area (Å²) in [7, 11) is 0. The maximum absolute atomic E-state index is 14.1. The lowest BCUT2D eigenvalue weighted by molar-refractivity contribution is -0.171. The van der Waals surface area contributed by atoms with Gasteiger partial charge in [-0.1, -0.05) is 57.5 Å². The maximum atomic E-state index is 14.1. The Bertz CT molecular complexity index is 769. The van der Waals surface area contributed by atoms with Crippen molar-refractivity contribution < 1.29 is 4.79 Å². The number of carbonyl (C=O) groups is 1. The van der Waals surface area contributed by atoms with Crippen molar-refractivity contribution in [3.05, 3.63) is 35.9 Å². The van der Waals surface area contributed by atoms with Gasteiger partial charge in [-0.25, -0.2) is 0 Å². The minimum absolute atomic E-state index is 0.0132. The van der Waals surface area contributed by atoms with Crippen LogP contribution in [0.25, 0.3) is 0 Å². The van der Waals surface area contributed by atoms with Gasteiger partial charge in [0.1, 0.15) is 0 Å². The Labute approximate surface area is 176 Å². The van der Waals surface area contributed by atoms with Gasteiger partial charge in [-0.3, -0.25) is 4.79 Å². The molecule has 0 spiro atoms. The standard InChI is InChI=1S/C26H38N2O/c1-4-21-18-12-25(20-8-6-5-7-9-20)13-19(21)15-26(14-18,16-25)23(29)28-11-10-22(27)24(2,3)17-28/h5-9,18-19,21-22H,4,10-17,27H2,1-3H3/t18?,19?,21?,22-,25?,26?/m0/s1. The molecule has 3 atom stereocenters. The molecular formula is C26H38N2O. The van der Waals surface area contributed by atoms with E-state index in [9.17, 15) is 4.79 Å². The molecule has 2 N–H and O–H groups in total. The molecule has 4 aliphatic carbocycles. The number of benzene rings is 1. The third kappa shape index (κ3) is 2.91. The van der Waals surface area contributed by atoms with Crippen molar-refractivity contribution in [1.82, 2.24) is 4.90 Å². The summed E-state index contributed by atoms with van der Waals surface area (Å²) >= 11 is 0. The van der Waals surface area contributed by atoms with Crippen LogP contribution in [0.4, 0.5) is 0 Å². The van der Waals surface area contributed by atoms with Crippen molar-refractivity contribution in [2.45, 2.75) is 77.2 Å². The summed E-state index contributed by atoms with van der Waals surface area (Å²) < 4.78 is 0. The van der Waals surface area contributed by atoms with Gasteiger partial charge < -0.3 is 10.6 Å². The van der Waals surface area contributed by atoms with Crippen LogP contribution in [0.1, 0.15) is 71.3 Å². The fourth-order valence-electron chi connectivity index (χ4n) is 8.17. The maximum Gasteiger partial charge on any atom is 0.228 e. The molecule has 3 heteroatoms. The molecule has 158 valence electrons. The van der Waals surface area contributed by atoms with Gasteiger partial charge in [-0.2, -0.15) is 0 Å². The number of nitrogens with zero attached hydrogens (tertiary/aromatic N) is 1. The van der Waals surface area contributed by atoms with Crippen molar-refractivity contribution in [3.63, 3.8) is 0 Å². The molecule has 0 radical (unpaired) electrons. The minimum Gasteiger partial charge on any atom is -0.342 e. The highest BCUT2D eigenvalue weighted by atomic mass is 16.2.